The van der Waals surface area contributed by atoms with Gasteiger partial charge in [0.2, 0.25) is 15.9 Å². The van der Waals surface area contributed by atoms with E-state index in [0.717, 1.165) is 18.6 Å². The number of nitrogens with one attached hydrogen (secondary N) is 1. The van der Waals surface area contributed by atoms with E-state index in [-0.39, 0.29) is 28.9 Å². The van der Waals surface area contributed by atoms with E-state index in [1.54, 1.807) is 24.3 Å². The average molecular weight is 393 g/mol. The summed E-state index contributed by atoms with van der Waals surface area (Å²) in [7, 11) is -3.55. The summed E-state index contributed by atoms with van der Waals surface area (Å²) in [5.74, 6) is 0.531. The van der Waals surface area contributed by atoms with Crippen molar-refractivity contribution >= 4 is 15.9 Å². The van der Waals surface area contributed by atoms with Gasteiger partial charge in [-0.1, -0.05) is 13.5 Å². The summed E-state index contributed by atoms with van der Waals surface area (Å²) in [5, 5.41) is 2.88. The van der Waals surface area contributed by atoms with Crippen molar-refractivity contribution in [2.75, 3.05) is 13.1 Å². The Morgan fingerprint density at radius 2 is 1.89 bits per heavy atom. The maximum atomic E-state index is 13.0. The molecule has 27 heavy (non-hydrogen) atoms. The van der Waals surface area contributed by atoms with Crippen LogP contribution < -0.4 is 10.1 Å². The Bertz CT molecular complexity index is 770. The molecule has 1 N–H and O–H groups in total. The molecule has 1 saturated heterocycles. The van der Waals surface area contributed by atoms with Gasteiger partial charge in [-0.25, -0.2) is 8.42 Å². The zero-order valence-electron chi connectivity index (χ0n) is 15.8. The second-order valence-corrected chi connectivity index (χ2v) is 9.38. The number of benzene rings is 1. The molecule has 1 heterocycles. The number of carbonyl (C=O) groups is 1. The number of rotatable bonds is 6. The molecule has 2 unspecified atom stereocenters. The van der Waals surface area contributed by atoms with Crippen molar-refractivity contribution < 1.29 is 17.9 Å². The number of sulfonamides is 1. The van der Waals surface area contributed by atoms with Crippen LogP contribution >= 0.6 is 0 Å². The second-order valence-electron chi connectivity index (χ2n) is 7.44. The van der Waals surface area contributed by atoms with Crippen LogP contribution in [0.4, 0.5) is 0 Å². The summed E-state index contributed by atoms with van der Waals surface area (Å²) in [6, 6.07) is 6.69. The molecule has 1 aliphatic carbocycles. The van der Waals surface area contributed by atoms with Gasteiger partial charge in [-0.3, -0.25) is 4.79 Å². The molecule has 148 valence electrons. The Labute approximate surface area is 161 Å². The molecule has 2 fully saturated rings. The van der Waals surface area contributed by atoms with E-state index in [0.29, 0.717) is 19.5 Å². The van der Waals surface area contributed by atoms with Crippen LogP contribution in [0.3, 0.4) is 0 Å². The lowest BCUT2D eigenvalue weighted by molar-refractivity contribution is -0.117. The Morgan fingerprint density at radius 1 is 1.22 bits per heavy atom. The van der Waals surface area contributed by atoms with Gasteiger partial charge >= 0.3 is 0 Å². The van der Waals surface area contributed by atoms with E-state index in [1.165, 1.54) is 23.2 Å². The van der Waals surface area contributed by atoms with Gasteiger partial charge in [0.25, 0.3) is 0 Å². The van der Waals surface area contributed by atoms with Gasteiger partial charge in [0.05, 0.1) is 11.0 Å². The number of nitrogens with zero attached hydrogens (tertiary/aromatic N) is 1. The maximum Gasteiger partial charge on any atom is 0.243 e. The van der Waals surface area contributed by atoms with Crippen molar-refractivity contribution in [1.82, 2.24) is 9.62 Å². The fourth-order valence-corrected chi connectivity index (χ4v) is 5.37. The van der Waals surface area contributed by atoms with Gasteiger partial charge < -0.3 is 10.1 Å². The third-order valence-corrected chi connectivity index (χ3v) is 7.33. The van der Waals surface area contributed by atoms with Crippen LogP contribution in [0.15, 0.2) is 41.8 Å². The van der Waals surface area contributed by atoms with Gasteiger partial charge in [0.15, 0.2) is 0 Å². The van der Waals surface area contributed by atoms with Gasteiger partial charge in [-0.15, -0.1) is 0 Å². The van der Waals surface area contributed by atoms with E-state index < -0.39 is 10.0 Å². The molecule has 0 bridgehead atoms. The van der Waals surface area contributed by atoms with Crippen molar-refractivity contribution in [3.05, 3.63) is 36.9 Å². The predicted octanol–water partition coefficient (Wildman–Crippen LogP) is 2.71. The molecular weight excluding hydrogens is 364 g/mol. The fraction of sp³-hybridized carbons (Fsp3) is 0.550. The molecule has 1 aliphatic heterocycles. The van der Waals surface area contributed by atoms with Crippen molar-refractivity contribution in [1.29, 1.82) is 0 Å². The molecule has 0 radical (unpaired) electrons. The van der Waals surface area contributed by atoms with Crippen LogP contribution in [0.25, 0.3) is 0 Å². The predicted molar refractivity (Wildman–Crippen MR) is 104 cm³/mol. The smallest absolute Gasteiger partial charge is 0.243 e. The SMILES string of the molecule is C=CC(=O)NC1CCN(S(=O)(=O)c2ccc(OC3CCCC3)cc2)CC1C. The highest BCUT2D eigenvalue weighted by atomic mass is 32.2. The topological polar surface area (TPSA) is 75.7 Å². The molecule has 1 saturated carbocycles. The summed E-state index contributed by atoms with van der Waals surface area (Å²) < 4.78 is 33.3. The lowest BCUT2D eigenvalue weighted by Gasteiger charge is -2.36. The molecule has 0 spiro atoms. The molecule has 1 aromatic rings. The Hall–Kier alpha value is -1.86. The zero-order valence-corrected chi connectivity index (χ0v) is 16.6. The molecule has 2 atom stereocenters. The first-order chi connectivity index (χ1) is 12.9. The number of hydrogen-bond acceptors (Lipinski definition) is 4. The molecule has 7 heteroatoms. The average Bonchev–Trinajstić information content (AvgIpc) is 3.16. The Morgan fingerprint density at radius 3 is 2.48 bits per heavy atom. The fourth-order valence-electron chi connectivity index (χ4n) is 3.82. The quantitative estimate of drug-likeness (QED) is 0.756. The van der Waals surface area contributed by atoms with E-state index >= 15 is 0 Å². The van der Waals surface area contributed by atoms with Gasteiger partial charge in [0.1, 0.15) is 5.75 Å². The summed E-state index contributed by atoms with van der Waals surface area (Å²) in [6.45, 7) is 6.17. The third-order valence-electron chi connectivity index (χ3n) is 5.45. The van der Waals surface area contributed by atoms with E-state index in [2.05, 4.69) is 11.9 Å². The number of carbonyl (C=O) groups excluding carboxylic acids is 1. The van der Waals surface area contributed by atoms with E-state index in [9.17, 15) is 13.2 Å². The lowest BCUT2D eigenvalue weighted by atomic mass is 9.95. The minimum absolute atomic E-state index is 0.0300. The van der Waals surface area contributed by atoms with Crippen molar-refractivity contribution in [2.24, 2.45) is 5.92 Å². The van der Waals surface area contributed by atoms with Crippen LogP contribution in [-0.2, 0) is 14.8 Å². The number of piperidine rings is 1. The third kappa shape index (κ3) is 4.71. The molecule has 2 aliphatic rings. The number of hydrogen-bond donors (Lipinski definition) is 1. The molecule has 0 aromatic heterocycles. The standard InChI is InChI=1S/C20H28N2O4S/c1-3-20(23)21-19-12-13-22(14-15(19)2)27(24,25)18-10-8-17(9-11-18)26-16-6-4-5-7-16/h3,8-11,15-16,19H,1,4-7,12-14H2,2H3,(H,21,23). The van der Waals surface area contributed by atoms with Crippen molar-refractivity contribution in [3.8, 4) is 5.75 Å². The number of amides is 1. The van der Waals surface area contributed by atoms with E-state index in [1.807, 2.05) is 6.92 Å². The summed E-state index contributed by atoms with van der Waals surface area (Å²) in [6.07, 6.45) is 6.59. The van der Waals surface area contributed by atoms with Crippen LogP contribution in [0.5, 0.6) is 5.75 Å². The highest BCUT2D eigenvalue weighted by Crippen LogP contribution is 2.27. The molecule has 6 nitrogen and oxygen atoms in total. The monoisotopic (exact) mass is 392 g/mol. The van der Waals surface area contributed by atoms with Crippen LogP contribution in [-0.4, -0.2) is 43.9 Å². The number of ether oxygens (including phenoxy) is 1. The summed E-state index contributed by atoms with van der Waals surface area (Å²) in [5.41, 5.74) is 0. The Kier molecular flexibility index (Phi) is 6.22. The van der Waals surface area contributed by atoms with Crippen molar-refractivity contribution in [2.45, 2.75) is 56.1 Å². The largest absolute Gasteiger partial charge is 0.490 e. The minimum atomic E-state index is -3.55. The Balaban J connectivity index is 1.64. The first-order valence-corrected chi connectivity index (χ1v) is 11.0. The van der Waals surface area contributed by atoms with Gasteiger partial charge in [0, 0.05) is 19.1 Å². The minimum Gasteiger partial charge on any atom is -0.490 e. The summed E-state index contributed by atoms with van der Waals surface area (Å²) in [4.78, 5) is 11.8. The van der Waals surface area contributed by atoms with Gasteiger partial charge in [-0.05, 0) is 68.4 Å². The second kappa shape index (κ2) is 8.44. The molecular formula is C20H28N2O4S. The lowest BCUT2D eigenvalue weighted by Crippen LogP contribution is -2.51. The highest BCUT2D eigenvalue weighted by Gasteiger charge is 2.34. The normalized spacial score (nSPS) is 24.5. The van der Waals surface area contributed by atoms with Crippen LogP contribution in [0, 0.1) is 5.92 Å². The van der Waals surface area contributed by atoms with E-state index in [4.69, 9.17) is 4.74 Å². The first-order valence-electron chi connectivity index (χ1n) is 9.60. The first kappa shape index (κ1) is 19.9. The summed E-state index contributed by atoms with van der Waals surface area (Å²) >= 11 is 0. The molecule has 1 aromatic carbocycles. The van der Waals surface area contributed by atoms with Crippen LogP contribution in [0.1, 0.15) is 39.0 Å². The van der Waals surface area contributed by atoms with Crippen molar-refractivity contribution in [3.63, 3.8) is 0 Å². The zero-order chi connectivity index (χ0) is 19.4. The highest BCUT2D eigenvalue weighted by molar-refractivity contribution is 7.89. The molecule has 1 amide bonds. The maximum absolute atomic E-state index is 13.0. The molecule has 3 rings (SSSR count). The van der Waals surface area contributed by atoms with Crippen LogP contribution in [0.2, 0.25) is 0 Å². The van der Waals surface area contributed by atoms with Gasteiger partial charge in [-0.2, -0.15) is 4.31 Å².